The number of thiazole rings is 1. The third-order valence-electron chi connectivity index (χ3n) is 2.17. The van der Waals surface area contributed by atoms with E-state index in [9.17, 15) is 0 Å². The van der Waals surface area contributed by atoms with Gasteiger partial charge in [0, 0.05) is 11.1 Å². The largest absolute Gasteiger partial charge is 0.250 e. The Balaban J connectivity index is 2.66. The average Bonchev–Trinajstić information content (AvgIpc) is 2.47. The lowest BCUT2D eigenvalue weighted by Crippen LogP contribution is -1.92. The standard InChI is InChI=1S/C10H17NS/c1-4-6-9(5-2)10-7-11-8(3)12-10/h7,9H,4-6H2,1-3H3. The van der Waals surface area contributed by atoms with E-state index in [2.05, 4.69) is 25.8 Å². The first-order valence-electron chi connectivity index (χ1n) is 4.70. The van der Waals surface area contributed by atoms with Crippen molar-refractivity contribution in [3.05, 3.63) is 16.1 Å². The fourth-order valence-corrected chi connectivity index (χ4v) is 2.47. The highest BCUT2D eigenvalue weighted by atomic mass is 32.1. The first-order valence-corrected chi connectivity index (χ1v) is 5.51. The van der Waals surface area contributed by atoms with E-state index >= 15 is 0 Å². The van der Waals surface area contributed by atoms with Crippen molar-refractivity contribution < 1.29 is 0 Å². The summed E-state index contributed by atoms with van der Waals surface area (Å²) in [7, 11) is 0. The van der Waals surface area contributed by atoms with Gasteiger partial charge in [0.05, 0.1) is 5.01 Å². The van der Waals surface area contributed by atoms with Gasteiger partial charge in [0.15, 0.2) is 0 Å². The van der Waals surface area contributed by atoms with Crippen molar-refractivity contribution in [1.82, 2.24) is 4.98 Å². The highest BCUT2D eigenvalue weighted by Crippen LogP contribution is 2.28. The highest BCUT2D eigenvalue weighted by molar-refractivity contribution is 7.11. The molecule has 0 amide bonds. The molecule has 0 N–H and O–H groups in total. The maximum atomic E-state index is 4.29. The summed E-state index contributed by atoms with van der Waals surface area (Å²) in [6.07, 6.45) is 5.87. The van der Waals surface area contributed by atoms with Crippen LogP contribution in [-0.4, -0.2) is 4.98 Å². The van der Waals surface area contributed by atoms with Crippen LogP contribution in [-0.2, 0) is 0 Å². The zero-order valence-electron chi connectivity index (χ0n) is 8.13. The Morgan fingerprint density at radius 2 is 2.25 bits per heavy atom. The smallest absolute Gasteiger partial charge is 0.0896 e. The van der Waals surface area contributed by atoms with E-state index in [0.29, 0.717) is 0 Å². The molecule has 0 aliphatic heterocycles. The molecule has 0 fully saturated rings. The first kappa shape index (κ1) is 9.72. The number of hydrogen-bond acceptors (Lipinski definition) is 2. The predicted molar refractivity (Wildman–Crippen MR) is 54.8 cm³/mol. The lowest BCUT2D eigenvalue weighted by molar-refractivity contribution is 0.604. The Labute approximate surface area is 78.8 Å². The molecule has 1 rings (SSSR count). The second-order valence-electron chi connectivity index (χ2n) is 3.18. The average molecular weight is 183 g/mol. The Morgan fingerprint density at radius 1 is 1.50 bits per heavy atom. The maximum absolute atomic E-state index is 4.29. The van der Waals surface area contributed by atoms with Crippen molar-refractivity contribution in [2.45, 2.75) is 46.0 Å². The molecule has 0 aromatic carbocycles. The minimum Gasteiger partial charge on any atom is -0.250 e. The van der Waals surface area contributed by atoms with Crippen LogP contribution in [0, 0.1) is 6.92 Å². The van der Waals surface area contributed by atoms with Crippen LogP contribution in [0.4, 0.5) is 0 Å². The van der Waals surface area contributed by atoms with Gasteiger partial charge in [0.25, 0.3) is 0 Å². The molecule has 0 saturated heterocycles. The molecule has 0 spiro atoms. The van der Waals surface area contributed by atoms with Crippen LogP contribution >= 0.6 is 11.3 Å². The summed E-state index contributed by atoms with van der Waals surface area (Å²) in [6, 6.07) is 0. The van der Waals surface area contributed by atoms with Crippen molar-refractivity contribution in [1.29, 1.82) is 0 Å². The van der Waals surface area contributed by atoms with Gasteiger partial charge in [-0.25, -0.2) is 4.98 Å². The molecule has 0 saturated carbocycles. The van der Waals surface area contributed by atoms with Crippen LogP contribution in [0.1, 0.15) is 48.9 Å². The summed E-state index contributed by atoms with van der Waals surface area (Å²) in [6.45, 7) is 6.58. The van der Waals surface area contributed by atoms with Gasteiger partial charge in [-0.05, 0) is 25.7 Å². The normalized spacial score (nSPS) is 13.2. The van der Waals surface area contributed by atoms with E-state index in [4.69, 9.17) is 0 Å². The zero-order chi connectivity index (χ0) is 8.97. The van der Waals surface area contributed by atoms with Crippen LogP contribution in [0.15, 0.2) is 6.20 Å². The van der Waals surface area contributed by atoms with Crippen molar-refractivity contribution >= 4 is 11.3 Å². The minimum atomic E-state index is 0.751. The molecule has 1 atom stereocenters. The molecule has 68 valence electrons. The summed E-state index contributed by atoms with van der Waals surface area (Å²) in [5, 5.41) is 1.19. The summed E-state index contributed by atoms with van der Waals surface area (Å²) in [5.41, 5.74) is 0. The van der Waals surface area contributed by atoms with Crippen molar-refractivity contribution in [3.63, 3.8) is 0 Å². The number of rotatable bonds is 4. The molecule has 1 aromatic rings. The lowest BCUT2D eigenvalue weighted by atomic mass is 10.00. The van der Waals surface area contributed by atoms with Gasteiger partial charge >= 0.3 is 0 Å². The van der Waals surface area contributed by atoms with E-state index in [-0.39, 0.29) is 0 Å². The van der Waals surface area contributed by atoms with Crippen LogP contribution in [0.25, 0.3) is 0 Å². The Morgan fingerprint density at radius 3 is 2.67 bits per heavy atom. The lowest BCUT2D eigenvalue weighted by Gasteiger charge is -2.09. The van der Waals surface area contributed by atoms with Crippen molar-refractivity contribution in [2.24, 2.45) is 0 Å². The van der Waals surface area contributed by atoms with E-state index in [1.54, 1.807) is 0 Å². The molecule has 1 heterocycles. The third-order valence-corrected chi connectivity index (χ3v) is 3.25. The quantitative estimate of drug-likeness (QED) is 0.693. The molecule has 12 heavy (non-hydrogen) atoms. The van der Waals surface area contributed by atoms with E-state index < -0.39 is 0 Å². The van der Waals surface area contributed by atoms with E-state index in [1.165, 1.54) is 29.1 Å². The van der Waals surface area contributed by atoms with Gasteiger partial charge < -0.3 is 0 Å². The molecule has 0 radical (unpaired) electrons. The summed E-state index contributed by atoms with van der Waals surface area (Å²) >= 11 is 1.85. The molecule has 0 aliphatic rings. The monoisotopic (exact) mass is 183 g/mol. The van der Waals surface area contributed by atoms with Crippen LogP contribution in [0.2, 0.25) is 0 Å². The fourth-order valence-electron chi connectivity index (χ4n) is 1.46. The Bertz CT molecular complexity index is 229. The van der Waals surface area contributed by atoms with Crippen LogP contribution in [0.3, 0.4) is 0 Å². The van der Waals surface area contributed by atoms with Gasteiger partial charge in [-0.1, -0.05) is 20.3 Å². The van der Waals surface area contributed by atoms with Crippen molar-refractivity contribution in [3.8, 4) is 0 Å². The molecule has 1 nitrogen and oxygen atoms in total. The Hall–Kier alpha value is -0.370. The molecule has 0 aliphatic carbocycles. The van der Waals surface area contributed by atoms with Gasteiger partial charge in [0.2, 0.25) is 0 Å². The number of nitrogens with zero attached hydrogens (tertiary/aromatic N) is 1. The van der Waals surface area contributed by atoms with Crippen LogP contribution < -0.4 is 0 Å². The Kier molecular flexibility index (Phi) is 3.73. The highest BCUT2D eigenvalue weighted by Gasteiger charge is 2.10. The third kappa shape index (κ3) is 2.31. The van der Waals surface area contributed by atoms with Gasteiger partial charge in [-0.2, -0.15) is 0 Å². The number of aromatic nitrogens is 1. The molecular formula is C10H17NS. The van der Waals surface area contributed by atoms with Gasteiger partial charge in [-0.15, -0.1) is 11.3 Å². The topological polar surface area (TPSA) is 12.9 Å². The van der Waals surface area contributed by atoms with Crippen molar-refractivity contribution in [2.75, 3.05) is 0 Å². The molecule has 1 aromatic heterocycles. The number of hydrogen-bond donors (Lipinski definition) is 0. The first-order chi connectivity index (χ1) is 5.77. The van der Waals surface area contributed by atoms with Gasteiger partial charge in [-0.3, -0.25) is 0 Å². The summed E-state index contributed by atoms with van der Waals surface area (Å²) < 4.78 is 0. The molecule has 2 heteroatoms. The van der Waals surface area contributed by atoms with Crippen LogP contribution in [0.5, 0.6) is 0 Å². The molecule has 0 bridgehead atoms. The second kappa shape index (κ2) is 4.61. The van der Waals surface area contributed by atoms with Gasteiger partial charge in [0.1, 0.15) is 0 Å². The molecule has 1 unspecified atom stereocenters. The fraction of sp³-hybridized carbons (Fsp3) is 0.700. The van der Waals surface area contributed by atoms with E-state index in [0.717, 1.165) is 5.92 Å². The number of aryl methyl sites for hydroxylation is 1. The predicted octanol–water partition coefficient (Wildman–Crippen LogP) is 3.75. The zero-order valence-corrected chi connectivity index (χ0v) is 8.95. The SMILES string of the molecule is CCCC(CC)c1cnc(C)s1. The second-order valence-corrected chi connectivity index (χ2v) is 4.44. The molecular weight excluding hydrogens is 166 g/mol. The van der Waals surface area contributed by atoms with E-state index in [1.807, 2.05) is 17.5 Å². The maximum Gasteiger partial charge on any atom is 0.0896 e. The summed E-state index contributed by atoms with van der Waals surface area (Å²) in [5.74, 6) is 0.751. The minimum absolute atomic E-state index is 0.751. The summed E-state index contributed by atoms with van der Waals surface area (Å²) in [4.78, 5) is 5.76.